The third kappa shape index (κ3) is 3.91. The van der Waals surface area contributed by atoms with E-state index in [0.29, 0.717) is 12.5 Å². The molecule has 4 nitrogen and oxygen atoms in total. The Hall–Kier alpha value is -2.68. The van der Waals surface area contributed by atoms with Crippen LogP contribution in [0.2, 0.25) is 6.04 Å². The number of methoxy groups -OCH3 is 1. The van der Waals surface area contributed by atoms with Crippen molar-refractivity contribution in [1.82, 2.24) is 0 Å². The van der Waals surface area contributed by atoms with Crippen molar-refractivity contribution in [3.8, 4) is 43.3 Å². The number of ether oxygens (including phenoxy) is 1. The lowest BCUT2D eigenvalue weighted by molar-refractivity contribution is 0.212. The standard InChI is InChI=1S/C17H18O4Si/c1-7-19-22(20-8-2,21-9-3)13-12-16-15(5)14(4)10-11-17(16)18-6/h1-3,10-11H,12-13H2,4-6H3. The summed E-state index contributed by atoms with van der Waals surface area (Å²) in [5.74, 6) is 0.771. The Morgan fingerprint density at radius 1 is 1.00 bits per heavy atom. The lowest BCUT2D eigenvalue weighted by Crippen LogP contribution is -2.42. The highest BCUT2D eigenvalue weighted by Gasteiger charge is 2.48. The van der Waals surface area contributed by atoms with E-state index in [1.54, 1.807) is 7.11 Å². The summed E-state index contributed by atoms with van der Waals surface area (Å²) in [6, 6.07) is 4.25. The zero-order chi connectivity index (χ0) is 16.6. The van der Waals surface area contributed by atoms with Crippen molar-refractivity contribution < 1.29 is 18.0 Å². The van der Waals surface area contributed by atoms with Gasteiger partial charge in [0.05, 0.1) is 31.5 Å². The van der Waals surface area contributed by atoms with Gasteiger partial charge in [-0.3, -0.25) is 0 Å². The van der Waals surface area contributed by atoms with Gasteiger partial charge in [-0.15, -0.1) is 0 Å². The topological polar surface area (TPSA) is 36.9 Å². The van der Waals surface area contributed by atoms with Crippen LogP contribution in [0.5, 0.6) is 5.75 Å². The van der Waals surface area contributed by atoms with Gasteiger partial charge in [0.15, 0.2) is 0 Å². The summed E-state index contributed by atoms with van der Waals surface area (Å²) in [6.07, 6.45) is 22.3. The first-order valence-corrected chi connectivity index (χ1v) is 8.50. The molecule has 0 radical (unpaired) electrons. The molecule has 114 valence electrons. The molecule has 0 aliphatic carbocycles. The summed E-state index contributed by atoms with van der Waals surface area (Å²) in [6.45, 7) is 4.04. The van der Waals surface area contributed by atoms with E-state index in [1.807, 2.05) is 26.0 Å². The van der Waals surface area contributed by atoms with Gasteiger partial charge in [0, 0.05) is 0 Å². The molecule has 22 heavy (non-hydrogen) atoms. The lowest BCUT2D eigenvalue weighted by Gasteiger charge is -2.22. The Labute approximate surface area is 133 Å². The Balaban J connectivity index is 3.09. The predicted molar refractivity (Wildman–Crippen MR) is 86.5 cm³/mol. The molecule has 0 unspecified atom stereocenters. The fraction of sp³-hybridized carbons (Fsp3) is 0.294. The zero-order valence-electron chi connectivity index (χ0n) is 12.9. The van der Waals surface area contributed by atoms with Crippen LogP contribution in [0.3, 0.4) is 0 Å². The molecule has 0 aliphatic rings. The Bertz CT molecular complexity index is 606. The van der Waals surface area contributed by atoms with Crippen molar-refractivity contribution in [2.24, 2.45) is 0 Å². The molecule has 5 heteroatoms. The number of rotatable bonds is 7. The number of terminal acetylenes is 3. The SMILES string of the molecule is C#CO[Si](CCc1c(OC)ccc(C)c1C)(OC#C)OC#C. The first-order chi connectivity index (χ1) is 10.5. The molecule has 0 amide bonds. The minimum Gasteiger partial charge on any atom is -0.496 e. The van der Waals surface area contributed by atoms with Crippen molar-refractivity contribution in [1.29, 1.82) is 0 Å². The van der Waals surface area contributed by atoms with Crippen molar-refractivity contribution in [3.05, 3.63) is 28.8 Å². The number of hydrogen-bond acceptors (Lipinski definition) is 4. The molecule has 0 saturated heterocycles. The van der Waals surface area contributed by atoms with E-state index < -0.39 is 8.80 Å². The molecule has 1 rings (SSSR count). The van der Waals surface area contributed by atoms with E-state index in [-0.39, 0.29) is 0 Å². The van der Waals surface area contributed by atoms with E-state index in [4.69, 9.17) is 37.3 Å². The summed E-state index contributed by atoms with van der Waals surface area (Å²) >= 11 is 0. The van der Waals surface area contributed by atoms with Gasteiger partial charge in [-0.1, -0.05) is 25.3 Å². The second-order valence-electron chi connectivity index (χ2n) is 4.53. The molecule has 0 bridgehead atoms. The van der Waals surface area contributed by atoms with Gasteiger partial charge in [0.2, 0.25) is 0 Å². The maximum atomic E-state index is 5.40. The van der Waals surface area contributed by atoms with E-state index >= 15 is 0 Å². The maximum absolute atomic E-state index is 5.40. The molecule has 0 aromatic heterocycles. The van der Waals surface area contributed by atoms with E-state index in [0.717, 1.165) is 22.4 Å². The van der Waals surface area contributed by atoms with Gasteiger partial charge in [0.1, 0.15) is 5.75 Å². The Kier molecular flexibility index (Phi) is 6.26. The fourth-order valence-corrected chi connectivity index (χ4v) is 3.64. The third-order valence-electron chi connectivity index (χ3n) is 3.37. The molecule has 0 atom stereocenters. The highest BCUT2D eigenvalue weighted by atomic mass is 28.4. The maximum Gasteiger partial charge on any atom is 0.725 e. The first kappa shape index (κ1) is 17.4. The largest absolute Gasteiger partial charge is 0.725 e. The number of benzene rings is 1. The van der Waals surface area contributed by atoms with Gasteiger partial charge in [-0.2, -0.15) is 0 Å². The normalized spacial score (nSPS) is 9.82. The lowest BCUT2D eigenvalue weighted by atomic mass is 10.0. The highest BCUT2D eigenvalue weighted by Crippen LogP contribution is 2.28. The zero-order valence-corrected chi connectivity index (χ0v) is 13.9. The van der Waals surface area contributed by atoms with E-state index in [9.17, 15) is 0 Å². The second kappa shape index (κ2) is 7.93. The van der Waals surface area contributed by atoms with Gasteiger partial charge in [0.25, 0.3) is 0 Å². The van der Waals surface area contributed by atoms with Crippen LogP contribution in [-0.4, -0.2) is 15.9 Å². The average molecular weight is 314 g/mol. The van der Waals surface area contributed by atoms with Gasteiger partial charge >= 0.3 is 8.80 Å². The molecule has 1 aromatic carbocycles. The van der Waals surface area contributed by atoms with Crippen LogP contribution in [-0.2, 0) is 19.7 Å². The van der Waals surface area contributed by atoms with Crippen molar-refractivity contribution >= 4 is 8.80 Å². The first-order valence-electron chi connectivity index (χ1n) is 6.57. The van der Waals surface area contributed by atoms with Crippen molar-refractivity contribution in [2.75, 3.05) is 7.11 Å². The second-order valence-corrected chi connectivity index (χ2v) is 7.01. The van der Waals surface area contributed by atoms with Crippen LogP contribution in [0.25, 0.3) is 0 Å². The van der Waals surface area contributed by atoms with Crippen LogP contribution < -0.4 is 4.74 Å². The van der Waals surface area contributed by atoms with E-state index in [1.165, 1.54) is 0 Å². The van der Waals surface area contributed by atoms with Gasteiger partial charge in [-0.05, 0) is 43.0 Å². The Morgan fingerprint density at radius 3 is 2.00 bits per heavy atom. The van der Waals surface area contributed by atoms with Gasteiger partial charge < -0.3 is 18.0 Å². The number of aryl methyl sites for hydroxylation is 1. The number of hydrogen-bond donors (Lipinski definition) is 0. The summed E-state index contributed by atoms with van der Waals surface area (Å²) in [5, 5.41) is 0. The molecule has 0 aliphatic heterocycles. The molecular formula is C17H18O4Si. The summed E-state index contributed by atoms with van der Waals surface area (Å²) in [5.41, 5.74) is 3.28. The highest BCUT2D eigenvalue weighted by molar-refractivity contribution is 6.61. The summed E-state index contributed by atoms with van der Waals surface area (Å²) in [7, 11) is -1.70. The third-order valence-corrected chi connectivity index (χ3v) is 5.52. The van der Waals surface area contributed by atoms with Crippen LogP contribution >= 0.6 is 0 Å². The molecule has 0 spiro atoms. The molecule has 1 aromatic rings. The van der Waals surface area contributed by atoms with Crippen molar-refractivity contribution in [2.45, 2.75) is 26.3 Å². The summed E-state index contributed by atoms with van der Waals surface area (Å²) < 4.78 is 20.9. The fourth-order valence-electron chi connectivity index (χ4n) is 2.11. The summed E-state index contributed by atoms with van der Waals surface area (Å²) in [4.78, 5) is 0. The van der Waals surface area contributed by atoms with Crippen LogP contribution in [0.15, 0.2) is 12.1 Å². The van der Waals surface area contributed by atoms with E-state index in [2.05, 4.69) is 18.3 Å². The monoisotopic (exact) mass is 314 g/mol. The van der Waals surface area contributed by atoms with Crippen molar-refractivity contribution in [3.63, 3.8) is 0 Å². The minimum absolute atomic E-state index is 0.340. The minimum atomic E-state index is -3.32. The molecule has 0 heterocycles. The van der Waals surface area contributed by atoms with Crippen LogP contribution in [0.1, 0.15) is 16.7 Å². The van der Waals surface area contributed by atoms with Gasteiger partial charge in [-0.25, -0.2) is 0 Å². The Morgan fingerprint density at radius 2 is 1.55 bits per heavy atom. The van der Waals surface area contributed by atoms with Crippen LogP contribution in [0, 0.1) is 51.4 Å². The quantitative estimate of drug-likeness (QED) is 0.573. The smallest absolute Gasteiger partial charge is 0.496 e. The molecule has 0 fully saturated rings. The average Bonchev–Trinajstić information content (AvgIpc) is 2.49. The molecule has 0 N–H and O–H groups in total. The molecular weight excluding hydrogens is 296 g/mol. The molecule has 0 saturated carbocycles. The van der Waals surface area contributed by atoms with Crippen LogP contribution in [0.4, 0.5) is 0 Å². The predicted octanol–water partition coefficient (Wildman–Crippen LogP) is 2.62.